The number of rotatable bonds is 6. The lowest BCUT2D eigenvalue weighted by molar-refractivity contribution is -0.907. The van der Waals surface area contributed by atoms with Gasteiger partial charge in [0.05, 0.1) is 16.3 Å². The van der Waals surface area contributed by atoms with Crippen LogP contribution < -0.4 is 16.0 Å². The Labute approximate surface area is 144 Å². The predicted molar refractivity (Wildman–Crippen MR) is 93.0 cm³/mol. The molecule has 1 heterocycles. The summed E-state index contributed by atoms with van der Waals surface area (Å²) in [5.74, 6) is -0.577. The topological polar surface area (TPSA) is 76.6 Å². The van der Waals surface area contributed by atoms with Crippen molar-refractivity contribution in [2.45, 2.75) is 19.5 Å². The SMILES string of the molecule is C[C@H](C(=O)Nc1ccc(C(N)=O)cc1)[NH+](C)Cc1ccc(Cl)s1. The highest BCUT2D eigenvalue weighted by Gasteiger charge is 2.22. The molecular weight excluding hydrogens is 334 g/mol. The molecule has 4 N–H and O–H groups in total. The summed E-state index contributed by atoms with van der Waals surface area (Å²) < 4.78 is 0.749. The first-order valence-electron chi connectivity index (χ1n) is 7.14. The number of benzene rings is 1. The number of carbonyl (C=O) groups excluding carboxylic acids is 2. The second-order valence-electron chi connectivity index (χ2n) is 5.38. The fourth-order valence-corrected chi connectivity index (χ4v) is 3.25. The molecule has 0 spiro atoms. The zero-order valence-electron chi connectivity index (χ0n) is 12.9. The number of carbonyl (C=O) groups is 2. The molecule has 2 amide bonds. The van der Waals surface area contributed by atoms with Crippen LogP contribution in [0.15, 0.2) is 36.4 Å². The molecule has 0 bridgehead atoms. The molecule has 0 saturated heterocycles. The van der Waals surface area contributed by atoms with Gasteiger partial charge in [0.1, 0.15) is 6.54 Å². The van der Waals surface area contributed by atoms with E-state index < -0.39 is 5.91 Å². The molecule has 122 valence electrons. The largest absolute Gasteiger partial charge is 0.366 e. The van der Waals surface area contributed by atoms with Gasteiger partial charge in [0, 0.05) is 11.3 Å². The molecule has 7 heteroatoms. The monoisotopic (exact) mass is 352 g/mol. The van der Waals surface area contributed by atoms with E-state index in [0.29, 0.717) is 11.3 Å². The third-order valence-corrected chi connectivity index (χ3v) is 4.88. The lowest BCUT2D eigenvalue weighted by Crippen LogP contribution is -3.12. The van der Waals surface area contributed by atoms with E-state index in [0.717, 1.165) is 20.7 Å². The number of primary amides is 1. The minimum Gasteiger partial charge on any atom is -0.366 e. The molecule has 0 radical (unpaired) electrons. The molecule has 0 fully saturated rings. The molecule has 0 saturated carbocycles. The summed E-state index contributed by atoms with van der Waals surface area (Å²) in [5.41, 5.74) is 6.24. The van der Waals surface area contributed by atoms with Gasteiger partial charge < -0.3 is 16.0 Å². The van der Waals surface area contributed by atoms with Gasteiger partial charge in [-0.15, -0.1) is 11.3 Å². The number of halogens is 1. The standard InChI is InChI=1S/C16H18ClN3O2S/c1-10(20(2)9-13-7-8-14(17)23-13)16(22)19-12-5-3-11(4-6-12)15(18)21/h3-8,10H,9H2,1-2H3,(H2,18,21)(H,19,22)/p+1/t10-/m1/s1. The van der Waals surface area contributed by atoms with Crippen LogP contribution in [0.3, 0.4) is 0 Å². The van der Waals surface area contributed by atoms with Gasteiger partial charge in [0.2, 0.25) is 5.91 Å². The molecule has 0 aliphatic rings. The van der Waals surface area contributed by atoms with Gasteiger partial charge in [-0.25, -0.2) is 0 Å². The lowest BCUT2D eigenvalue weighted by atomic mass is 10.2. The van der Waals surface area contributed by atoms with Crippen molar-refractivity contribution in [2.75, 3.05) is 12.4 Å². The van der Waals surface area contributed by atoms with Crippen molar-refractivity contribution in [3.8, 4) is 0 Å². The van der Waals surface area contributed by atoms with Gasteiger partial charge in [-0.1, -0.05) is 11.6 Å². The summed E-state index contributed by atoms with van der Waals surface area (Å²) in [7, 11) is 1.97. The molecule has 0 aliphatic heterocycles. The number of nitrogens with one attached hydrogen (secondary N) is 2. The van der Waals surface area contributed by atoms with Gasteiger partial charge in [-0.3, -0.25) is 9.59 Å². The van der Waals surface area contributed by atoms with E-state index in [9.17, 15) is 9.59 Å². The second kappa shape index (κ2) is 7.59. The van der Waals surface area contributed by atoms with Crippen LogP contribution in [0.1, 0.15) is 22.2 Å². The number of hydrogen-bond acceptors (Lipinski definition) is 3. The van der Waals surface area contributed by atoms with Crippen molar-refractivity contribution >= 4 is 40.4 Å². The van der Waals surface area contributed by atoms with Crippen molar-refractivity contribution in [1.82, 2.24) is 0 Å². The summed E-state index contributed by atoms with van der Waals surface area (Å²) in [6.45, 7) is 2.60. The normalized spacial score (nSPS) is 13.3. The maximum absolute atomic E-state index is 12.3. The second-order valence-corrected chi connectivity index (χ2v) is 7.18. The van der Waals surface area contributed by atoms with E-state index >= 15 is 0 Å². The zero-order valence-corrected chi connectivity index (χ0v) is 14.5. The molecule has 1 aromatic carbocycles. The summed E-state index contributed by atoms with van der Waals surface area (Å²) in [6.07, 6.45) is 0. The number of amides is 2. The van der Waals surface area contributed by atoms with E-state index in [-0.39, 0.29) is 11.9 Å². The average Bonchev–Trinajstić information content (AvgIpc) is 2.92. The zero-order chi connectivity index (χ0) is 17.0. The Morgan fingerprint density at radius 2 is 1.91 bits per heavy atom. The molecule has 5 nitrogen and oxygen atoms in total. The minimum atomic E-state index is -0.491. The van der Waals surface area contributed by atoms with Crippen molar-refractivity contribution < 1.29 is 14.5 Å². The van der Waals surface area contributed by atoms with Crippen LogP contribution >= 0.6 is 22.9 Å². The first-order valence-corrected chi connectivity index (χ1v) is 8.33. The number of likely N-dealkylation sites (N-methyl/N-ethyl adjacent to an activating group) is 1. The number of anilines is 1. The van der Waals surface area contributed by atoms with Crippen LogP contribution in [-0.4, -0.2) is 24.9 Å². The Hall–Kier alpha value is -1.89. The molecule has 2 atom stereocenters. The highest BCUT2D eigenvalue weighted by Crippen LogP contribution is 2.20. The van der Waals surface area contributed by atoms with E-state index in [2.05, 4.69) is 5.32 Å². The predicted octanol–water partition coefficient (Wildman–Crippen LogP) is 1.54. The molecule has 1 aromatic heterocycles. The summed E-state index contributed by atoms with van der Waals surface area (Å²) in [5, 5.41) is 2.85. The highest BCUT2D eigenvalue weighted by molar-refractivity contribution is 7.16. The van der Waals surface area contributed by atoms with Crippen LogP contribution in [0.2, 0.25) is 4.34 Å². The molecule has 2 aromatic rings. The molecule has 1 unspecified atom stereocenters. The van der Waals surface area contributed by atoms with Gasteiger partial charge >= 0.3 is 0 Å². The summed E-state index contributed by atoms with van der Waals surface area (Å²) >= 11 is 7.45. The fraction of sp³-hybridized carbons (Fsp3) is 0.250. The van der Waals surface area contributed by atoms with Crippen LogP contribution in [-0.2, 0) is 11.3 Å². The molecule has 23 heavy (non-hydrogen) atoms. The fourth-order valence-electron chi connectivity index (χ4n) is 2.07. The van der Waals surface area contributed by atoms with Gasteiger partial charge in [0.15, 0.2) is 6.04 Å². The van der Waals surface area contributed by atoms with E-state index in [1.54, 1.807) is 24.3 Å². The lowest BCUT2D eigenvalue weighted by Gasteiger charge is -2.20. The van der Waals surface area contributed by atoms with Crippen LogP contribution in [0.5, 0.6) is 0 Å². The van der Waals surface area contributed by atoms with E-state index in [4.69, 9.17) is 17.3 Å². The van der Waals surface area contributed by atoms with Crippen molar-refractivity contribution in [1.29, 1.82) is 0 Å². The number of quaternary nitrogens is 1. The first kappa shape index (κ1) is 17.5. The third kappa shape index (κ3) is 4.79. The Morgan fingerprint density at radius 3 is 2.43 bits per heavy atom. The number of thiophene rings is 1. The van der Waals surface area contributed by atoms with Crippen molar-refractivity contribution in [3.05, 3.63) is 51.2 Å². The first-order chi connectivity index (χ1) is 10.9. The average molecular weight is 353 g/mol. The number of hydrogen-bond donors (Lipinski definition) is 3. The minimum absolute atomic E-state index is 0.0861. The van der Waals surface area contributed by atoms with Crippen LogP contribution in [0, 0.1) is 0 Å². The van der Waals surface area contributed by atoms with Crippen molar-refractivity contribution in [2.24, 2.45) is 5.73 Å². The van der Waals surface area contributed by atoms with Gasteiger partial charge in [0.25, 0.3) is 5.91 Å². The summed E-state index contributed by atoms with van der Waals surface area (Å²) in [4.78, 5) is 25.6. The third-order valence-electron chi connectivity index (χ3n) is 3.65. The van der Waals surface area contributed by atoms with E-state index in [1.165, 1.54) is 11.3 Å². The number of nitrogens with two attached hydrogens (primary N) is 1. The molecule has 0 aliphatic carbocycles. The van der Waals surface area contributed by atoms with Crippen LogP contribution in [0.25, 0.3) is 0 Å². The molecular formula is C16H19ClN3O2S+. The van der Waals surface area contributed by atoms with Crippen molar-refractivity contribution in [3.63, 3.8) is 0 Å². The Morgan fingerprint density at radius 1 is 1.26 bits per heavy atom. The maximum atomic E-state index is 12.3. The van der Waals surface area contributed by atoms with Gasteiger partial charge in [-0.2, -0.15) is 0 Å². The van der Waals surface area contributed by atoms with Gasteiger partial charge in [-0.05, 0) is 43.3 Å². The Bertz CT molecular complexity index is 700. The Balaban J connectivity index is 1.94. The smallest absolute Gasteiger partial charge is 0.282 e. The summed E-state index contributed by atoms with van der Waals surface area (Å²) in [6, 6.07) is 10.1. The van der Waals surface area contributed by atoms with E-state index in [1.807, 2.05) is 26.1 Å². The Kier molecular flexibility index (Phi) is 5.76. The quantitative estimate of drug-likeness (QED) is 0.737. The van der Waals surface area contributed by atoms with Crippen LogP contribution in [0.4, 0.5) is 5.69 Å². The maximum Gasteiger partial charge on any atom is 0.282 e. The highest BCUT2D eigenvalue weighted by atomic mass is 35.5. The molecule has 2 rings (SSSR count).